The zero-order chi connectivity index (χ0) is 7.56. The fourth-order valence-corrected chi connectivity index (χ4v) is 0.927. The van der Waals surface area contributed by atoms with Crippen LogP contribution in [0.4, 0.5) is 5.69 Å². The molecule has 0 saturated carbocycles. The zero-order valence-electron chi connectivity index (χ0n) is 6.18. The molecule has 1 rings (SSSR count). The minimum Gasteiger partial charge on any atom is -0.378 e. The molecule has 52 valence electrons. The number of H-pyrrole nitrogens is 1. The summed E-state index contributed by atoms with van der Waals surface area (Å²) < 4.78 is 0. The first-order chi connectivity index (χ1) is 4.75. The first-order valence-corrected chi connectivity index (χ1v) is 3.30. The first kappa shape index (κ1) is 6.88. The SMILES string of the molecule is [C-]#[N+]c1c[nH]cc1C(C)C. The fourth-order valence-electron chi connectivity index (χ4n) is 0.927. The molecule has 0 aliphatic heterocycles. The van der Waals surface area contributed by atoms with E-state index in [4.69, 9.17) is 6.57 Å². The lowest BCUT2D eigenvalue weighted by atomic mass is 10.1. The third-order valence-corrected chi connectivity index (χ3v) is 1.50. The molecule has 0 unspecified atom stereocenters. The van der Waals surface area contributed by atoms with Gasteiger partial charge in [-0.05, 0) is 17.7 Å². The number of aromatic amines is 1. The Bertz CT molecular complexity index is 252. The number of hydrogen-bond acceptors (Lipinski definition) is 0. The highest BCUT2D eigenvalue weighted by Crippen LogP contribution is 2.25. The second-order valence-electron chi connectivity index (χ2n) is 2.56. The Morgan fingerprint density at radius 3 is 2.60 bits per heavy atom. The van der Waals surface area contributed by atoms with Crippen LogP contribution in [-0.4, -0.2) is 4.98 Å². The molecule has 0 aliphatic rings. The summed E-state index contributed by atoms with van der Waals surface area (Å²) in [5.41, 5.74) is 1.85. The molecule has 0 aromatic carbocycles. The maximum Gasteiger partial charge on any atom is 0.207 e. The zero-order valence-corrected chi connectivity index (χ0v) is 6.18. The Labute approximate surface area is 60.7 Å². The number of nitrogens with zero attached hydrogens (tertiary/aromatic N) is 1. The molecule has 2 heteroatoms. The van der Waals surface area contributed by atoms with E-state index in [0.29, 0.717) is 5.92 Å². The summed E-state index contributed by atoms with van der Waals surface area (Å²) in [7, 11) is 0. The van der Waals surface area contributed by atoms with Crippen LogP contribution in [-0.2, 0) is 0 Å². The van der Waals surface area contributed by atoms with E-state index in [2.05, 4.69) is 23.7 Å². The molecule has 0 aliphatic carbocycles. The van der Waals surface area contributed by atoms with Gasteiger partial charge in [0.05, 0.1) is 6.57 Å². The molecular formula is C8H10N2. The van der Waals surface area contributed by atoms with E-state index in [9.17, 15) is 0 Å². The van der Waals surface area contributed by atoms with E-state index in [1.165, 1.54) is 0 Å². The van der Waals surface area contributed by atoms with Gasteiger partial charge < -0.3 is 4.98 Å². The Hall–Kier alpha value is -1.23. The van der Waals surface area contributed by atoms with Gasteiger partial charge in [-0.3, -0.25) is 0 Å². The van der Waals surface area contributed by atoms with Crippen molar-refractivity contribution in [1.29, 1.82) is 0 Å². The first-order valence-electron chi connectivity index (χ1n) is 3.30. The van der Waals surface area contributed by atoms with Crippen molar-refractivity contribution in [2.24, 2.45) is 0 Å². The minimum atomic E-state index is 0.440. The molecule has 1 aromatic rings. The highest BCUT2D eigenvalue weighted by atomic mass is 14.7. The van der Waals surface area contributed by atoms with E-state index in [-0.39, 0.29) is 0 Å². The van der Waals surface area contributed by atoms with Crippen molar-refractivity contribution < 1.29 is 0 Å². The van der Waals surface area contributed by atoms with E-state index >= 15 is 0 Å². The van der Waals surface area contributed by atoms with E-state index in [1.54, 1.807) is 6.20 Å². The molecule has 0 radical (unpaired) electrons. The molecular weight excluding hydrogens is 124 g/mol. The average Bonchev–Trinajstić information content (AvgIpc) is 2.33. The second-order valence-corrected chi connectivity index (χ2v) is 2.56. The van der Waals surface area contributed by atoms with Crippen molar-refractivity contribution in [3.63, 3.8) is 0 Å². The summed E-state index contributed by atoms with van der Waals surface area (Å²) in [6.45, 7) is 11.0. The Morgan fingerprint density at radius 2 is 2.20 bits per heavy atom. The molecule has 0 fully saturated rings. The number of rotatable bonds is 1. The van der Waals surface area contributed by atoms with Gasteiger partial charge in [-0.1, -0.05) is 13.8 Å². The van der Waals surface area contributed by atoms with Crippen LogP contribution in [0.1, 0.15) is 25.3 Å². The fraction of sp³-hybridized carbons (Fsp3) is 0.375. The number of hydrogen-bond donors (Lipinski definition) is 1. The number of aromatic nitrogens is 1. The van der Waals surface area contributed by atoms with Gasteiger partial charge in [0, 0.05) is 6.20 Å². The molecule has 0 saturated heterocycles. The van der Waals surface area contributed by atoms with Crippen LogP contribution in [0.5, 0.6) is 0 Å². The van der Waals surface area contributed by atoms with Crippen molar-refractivity contribution in [3.8, 4) is 0 Å². The lowest BCUT2D eigenvalue weighted by Gasteiger charge is -1.99. The van der Waals surface area contributed by atoms with Gasteiger partial charge >= 0.3 is 0 Å². The predicted molar refractivity (Wildman–Crippen MR) is 41.1 cm³/mol. The Morgan fingerprint density at radius 1 is 1.50 bits per heavy atom. The summed E-state index contributed by atoms with van der Waals surface area (Å²) in [5.74, 6) is 0.440. The molecule has 0 spiro atoms. The van der Waals surface area contributed by atoms with Gasteiger partial charge in [-0.15, -0.1) is 0 Å². The van der Waals surface area contributed by atoms with Crippen molar-refractivity contribution in [2.75, 3.05) is 0 Å². The van der Waals surface area contributed by atoms with Crippen LogP contribution in [0.15, 0.2) is 12.4 Å². The van der Waals surface area contributed by atoms with Gasteiger partial charge in [-0.2, -0.15) is 0 Å². The molecule has 1 aromatic heterocycles. The van der Waals surface area contributed by atoms with Crippen LogP contribution in [0.3, 0.4) is 0 Å². The summed E-state index contributed by atoms with van der Waals surface area (Å²) >= 11 is 0. The molecule has 0 amide bonds. The Kier molecular flexibility index (Phi) is 1.77. The number of nitrogens with one attached hydrogen (secondary N) is 1. The maximum atomic E-state index is 6.80. The normalized spacial score (nSPS) is 9.80. The predicted octanol–water partition coefficient (Wildman–Crippen LogP) is 2.69. The van der Waals surface area contributed by atoms with Crippen LogP contribution in [0.2, 0.25) is 0 Å². The molecule has 0 atom stereocenters. The van der Waals surface area contributed by atoms with Crippen LogP contribution in [0.25, 0.3) is 4.85 Å². The topological polar surface area (TPSA) is 20.1 Å². The van der Waals surface area contributed by atoms with Crippen LogP contribution < -0.4 is 0 Å². The molecule has 1 N–H and O–H groups in total. The van der Waals surface area contributed by atoms with E-state index in [1.807, 2.05) is 6.20 Å². The lowest BCUT2D eigenvalue weighted by Crippen LogP contribution is -1.81. The second kappa shape index (κ2) is 2.57. The van der Waals surface area contributed by atoms with Crippen LogP contribution in [0, 0.1) is 6.57 Å². The summed E-state index contributed by atoms with van der Waals surface area (Å²) in [4.78, 5) is 6.29. The van der Waals surface area contributed by atoms with Crippen molar-refractivity contribution in [2.45, 2.75) is 19.8 Å². The minimum absolute atomic E-state index is 0.440. The highest BCUT2D eigenvalue weighted by Gasteiger charge is 2.05. The molecule has 2 nitrogen and oxygen atoms in total. The third kappa shape index (κ3) is 1.03. The monoisotopic (exact) mass is 134 g/mol. The summed E-state index contributed by atoms with van der Waals surface area (Å²) in [5, 5.41) is 0. The van der Waals surface area contributed by atoms with Gasteiger partial charge in [0.15, 0.2) is 0 Å². The van der Waals surface area contributed by atoms with Crippen molar-refractivity contribution in [3.05, 3.63) is 29.4 Å². The Balaban J connectivity index is 3.05. The molecule has 1 heterocycles. The molecule has 10 heavy (non-hydrogen) atoms. The average molecular weight is 134 g/mol. The van der Waals surface area contributed by atoms with Gasteiger partial charge in [0.1, 0.15) is 0 Å². The van der Waals surface area contributed by atoms with Crippen molar-refractivity contribution in [1.82, 2.24) is 4.98 Å². The van der Waals surface area contributed by atoms with Gasteiger partial charge in [-0.25, -0.2) is 4.85 Å². The van der Waals surface area contributed by atoms with Crippen LogP contribution >= 0.6 is 0 Å². The molecule has 0 bridgehead atoms. The quantitative estimate of drug-likeness (QED) is 0.570. The lowest BCUT2D eigenvalue weighted by molar-refractivity contribution is 0.872. The third-order valence-electron chi connectivity index (χ3n) is 1.50. The smallest absolute Gasteiger partial charge is 0.207 e. The standard InChI is InChI=1S/C8H10N2/c1-6(2)7-4-10-5-8(7)9-3/h4-6,10H,1-2H3. The van der Waals surface area contributed by atoms with E-state index in [0.717, 1.165) is 11.3 Å². The highest BCUT2D eigenvalue weighted by molar-refractivity contribution is 5.51. The summed E-state index contributed by atoms with van der Waals surface area (Å²) in [6.07, 6.45) is 3.63. The van der Waals surface area contributed by atoms with Gasteiger partial charge in [0.25, 0.3) is 0 Å². The van der Waals surface area contributed by atoms with E-state index < -0.39 is 0 Å². The summed E-state index contributed by atoms with van der Waals surface area (Å²) in [6, 6.07) is 0. The van der Waals surface area contributed by atoms with Crippen molar-refractivity contribution >= 4 is 5.69 Å². The van der Waals surface area contributed by atoms with Gasteiger partial charge in [0.2, 0.25) is 5.69 Å². The maximum absolute atomic E-state index is 6.80. The largest absolute Gasteiger partial charge is 0.378 e.